The van der Waals surface area contributed by atoms with Crippen LogP contribution >= 0.6 is 0 Å². The quantitative estimate of drug-likeness (QED) is 0.760. The van der Waals surface area contributed by atoms with E-state index in [1.807, 2.05) is 0 Å². The van der Waals surface area contributed by atoms with Crippen LogP contribution in [0.5, 0.6) is 11.5 Å². The molecular weight excluding hydrogens is 226 g/mol. The summed E-state index contributed by atoms with van der Waals surface area (Å²) in [4.78, 5) is 33.8. The van der Waals surface area contributed by atoms with E-state index in [1.54, 1.807) is 0 Å². The highest BCUT2D eigenvalue weighted by Crippen LogP contribution is 2.36. The lowest BCUT2D eigenvalue weighted by molar-refractivity contribution is -0.117. The molecule has 0 aromatic carbocycles. The van der Waals surface area contributed by atoms with Crippen molar-refractivity contribution in [2.24, 2.45) is 0 Å². The molecule has 1 aromatic heterocycles. The Bertz CT molecular complexity index is 475. The highest BCUT2D eigenvalue weighted by Gasteiger charge is 2.27. The second-order valence-electron chi connectivity index (χ2n) is 3.79. The molecule has 0 bridgehead atoms. The van der Waals surface area contributed by atoms with Crippen molar-refractivity contribution in [3.63, 3.8) is 0 Å². The van der Waals surface area contributed by atoms with Gasteiger partial charge in [-0.25, -0.2) is 0 Å². The molecule has 0 atom stereocenters. The first kappa shape index (κ1) is 13.0. The number of hydrogen-bond donors (Lipinski definition) is 2. The second-order valence-corrected chi connectivity index (χ2v) is 3.79. The van der Waals surface area contributed by atoms with Gasteiger partial charge in [-0.1, -0.05) is 0 Å². The van der Waals surface area contributed by atoms with Crippen molar-refractivity contribution in [3.8, 4) is 11.5 Å². The molecule has 1 aromatic rings. The Morgan fingerprint density at radius 1 is 0.941 bits per heavy atom. The summed E-state index contributed by atoms with van der Waals surface area (Å²) in [6.07, 6.45) is 0. The molecule has 0 amide bonds. The Morgan fingerprint density at radius 3 is 1.53 bits per heavy atom. The lowest BCUT2D eigenvalue weighted by Crippen LogP contribution is -2.16. The standard InChI is InChI=1S/C11H13NO5/c1-5(13)4-12-8(6(2)14)10(16)11(17)9(12)7(3)15/h16-17H,4H2,1-3H3. The molecule has 92 valence electrons. The monoisotopic (exact) mass is 239 g/mol. The molecule has 0 fully saturated rings. The normalized spacial score (nSPS) is 10.3. The minimum atomic E-state index is -0.663. The van der Waals surface area contributed by atoms with Crippen LogP contribution in [-0.4, -0.2) is 32.1 Å². The van der Waals surface area contributed by atoms with Crippen molar-refractivity contribution in [2.45, 2.75) is 27.3 Å². The first-order valence-electron chi connectivity index (χ1n) is 4.93. The van der Waals surface area contributed by atoms with Gasteiger partial charge in [0.05, 0.1) is 6.54 Å². The van der Waals surface area contributed by atoms with Crippen LogP contribution in [0.25, 0.3) is 0 Å². The Labute approximate surface area is 97.5 Å². The molecule has 0 spiro atoms. The molecule has 6 heteroatoms. The van der Waals surface area contributed by atoms with Crippen LogP contribution in [0.15, 0.2) is 0 Å². The van der Waals surface area contributed by atoms with Gasteiger partial charge in [-0.15, -0.1) is 0 Å². The Hall–Kier alpha value is -2.11. The zero-order chi connectivity index (χ0) is 13.3. The van der Waals surface area contributed by atoms with E-state index in [4.69, 9.17) is 0 Å². The SMILES string of the molecule is CC(=O)Cn1c(C(C)=O)c(O)c(O)c1C(C)=O. The molecule has 0 radical (unpaired) electrons. The minimum Gasteiger partial charge on any atom is -0.503 e. The third-order valence-corrected chi connectivity index (χ3v) is 2.26. The number of rotatable bonds is 4. The number of hydrogen-bond acceptors (Lipinski definition) is 5. The molecule has 0 aliphatic carbocycles. The van der Waals surface area contributed by atoms with Gasteiger partial charge >= 0.3 is 0 Å². The van der Waals surface area contributed by atoms with Crippen molar-refractivity contribution >= 4 is 17.3 Å². The fourth-order valence-electron chi connectivity index (χ4n) is 1.69. The number of Topliss-reactive ketones (excluding diaryl/α,β-unsaturated/α-hetero) is 3. The van der Waals surface area contributed by atoms with Gasteiger partial charge in [-0.05, 0) is 6.92 Å². The Balaban J connectivity index is 3.59. The molecule has 1 rings (SSSR count). The molecule has 0 aliphatic rings. The van der Waals surface area contributed by atoms with Crippen LogP contribution < -0.4 is 0 Å². The number of carbonyl (C=O) groups excluding carboxylic acids is 3. The first-order chi connectivity index (χ1) is 7.77. The van der Waals surface area contributed by atoms with Crippen LogP contribution in [0, 0.1) is 0 Å². The highest BCUT2D eigenvalue weighted by molar-refractivity contribution is 6.03. The predicted molar refractivity (Wildman–Crippen MR) is 58.5 cm³/mol. The second kappa shape index (κ2) is 4.40. The largest absolute Gasteiger partial charge is 0.503 e. The van der Waals surface area contributed by atoms with Crippen molar-refractivity contribution < 1.29 is 24.6 Å². The summed E-state index contributed by atoms with van der Waals surface area (Å²) in [7, 11) is 0. The summed E-state index contributed by atoms with van der Waals surface area (Å²) in [5, 5.41) is 19.2. The van der Waals surface area contributed by atoms with Crippen LogP contribution in [0.4, 0.5) is 0 Å². The van der Waals surface area contributed by atoms with E-state index in [9.17, 15) is 24.6 Å². The number of ketones is 3. The topological polar surface area (TPSA) is 96.6 Å². The maximum Gasteiger partial charge on any atom is 0.187 e. The third kappa shape index (κ3) is 2.20. The summed E-state index contributed by atoms with van der Waals surface area (Å²) in [6, 6.07) is 0. The fourth-order valence-corrected chi connectivity index (χ4v) is 1.69. The van der Waals surface area contributed by atoms with Gasteiger partial charge in [0.1, 0.15) is 17.2 Å². The third-order valence-electron chi connectivity index (χ3n) is 2.26. The zero-order valence-corrected chi connectivity index (χ0v) is 9.77. The average Bonchev–Trinajstić information content (AvgIpc) is 2.37. The molecule has 17 heavy (non-hydrogen) atoms. The van der Waals surface area contributed by atoms with Crippen LogP contribution in [0.3, 0.4) is 0 Å². The average molecular weight is 239 g/mol. The van der Waals surface area contributed by atoms with Gasteiger partial charge in [0, 0.05) is 13.8 Å². The molecule has 2 N–H and O–H groups in total. The fraction of sp³-hybridized carbons (Fsp3) is 0.364. The van der Waals surface area contributed by atoms with E-state index in [0.717, 1.165) is 4.57 Å². The summed E-state index contributed by atoms with van der Waals surface area (Å²) in [5.41, 5.74) is -0.467. The predicted octanol–water partition coefficient (Wildman–Crippen LogP) is 0.893. The first-order valence-corrected chi connectivity index (χ1v) is 4.93. The lowest BCUT2D eigenvalue weighted by atomic mass is 10.2. The van der Waals surface area contributed by atoms with Gasteiger partial charge in [0.2, 0.25) is 0 Å². The Morgan fingerprint density at radius 2 is 1.29 bits per heavy atom. The molecule has 0 unspecified atom stereocenters. The van der Waals surface area contributed by atoms with E-state index >= 15 is 0 Å². The van der Waals surface area contributed by atoms with E-state index < -0.39 is 23.1 Å². The van der Waals surface area contributed by atoms with Crippen molar-refractivity contribution in [1.82, 2.24) is 4.57 Å². The maximum absolute atomic E-state index is 11.3. The van der Waals surface area contributed by atoms with E-state index in [0.29, 0.717) is 0 Å². The lowest BCUT2D eigenvalue weighted by Gasteiger charge is -2.07. The molecule has 6 nitrogen and oxygen atoms in total. The van der Waals surface area contributed by atoms with Gasteiger partial charge in [-0.3, -0.25) is 14.4 Å². The smallest absolute Gasteiger partial charge is 0.187 e. The van der Waals surface area contributed by atoms with Crippen LogP contribution in [0.1, 0.15) is 41.7 Å². The number of carbonyl (C=O) groups is 3. The molecule has 1 heterocycles. The maximum atomic E-state index is 11.3. The highest BCUT2D eigenvalue weighted by atomic mass is 16.3. The zero-order valence-electron chi connectivity index (χ0n) is 9.77. The van der Waals surface area contributed by atoms with Crippen LogP contribution in [0.2, 0.25) is 0 Å². The van der Waals surface area contributed by atoms with E-state index in [1.165, 1.54) is 20.8 Å². The van der Waals surface area contributed by atoms with E-state index in [2.05, 4.69) is 0 Å². The van der Waals surface area contributed by atoms with Crippen molar-refractivity contribution in [3.05, 3.63) is 11.4 Å². The Kier molecular flexibility index (Phi) is 3.36. The van der Waals surface area contributed by atoms with Crippen molar-refractivity contribution in [2.75, 3.05) is 0 Å². The van der Waals surface area contributed by atoms with Gasteiger partial charge in [0.25, 0.3) is 0 Å². The molecule has 0 saturated carbocycles. The van der Waals surface area contributed by atoms with Crippen LogP contribution in [-0.2, 0) is 11.3 Å². The summed E-state index contributed by atoms with van der Waals surface area (Å²) >= 11 is 0. The minimum absolute atomic E-state index is 0.233. The summed E-state index contributed by atoms with van der Waals surface area (Å²) in [5.74, 6) is -2.70. The van der Waals surface area contributed by atoms with Gasteiger partial charge in [0.15, 0.2) is 23.1 Å². The summed E-state index contributed by atoms with van der Waals surface area (Å²) in [6.45, 7) is 3.38. The molecular formula is C11H13NO5. The van der Waals surface area contributed by atoms with Crippen molar-refractivity contribution in [1.29, 1.82) is 0 Å². The number of nitrogens with zero attached hydrogens (tertiary/aromatic N) is 1. The molecule has 0 aliphatic heterocycles. The van der Waals surface area contributed by atoms with E-state index in [-0.39, 0.29) is 23.7 Å². The molecule has 0 saturated heterocycles. The summed E-state index contributed by atoms with van der Waals surface area (Å²) < 4.78 is 1.04. The number of aromatic nitrogens is 1. The van der Waals surface area contributed by atoms with Gasteiger partial charge in [-0.2, -0.15) is 0 Å². The number of aromatic hydroxyl groups is 2. The van der Waals surface area contributed by atoms with Gasteiger partial charge < -0.3 is 14.8 Å².